The number of piperidine rings is 1. The quantitative estimate of drug-likeness (QED) is 0.408. The smallest absolute Gasteiger partial charge is 0.0369 e. The number of rotatable bonds is 3. The van der Waals surface area contributed by atoms with Gasteiger partial charge in [-0.2, -0.15) is 0 Å². The van der Waals surface area contributed by atoms with Gasteiger partial charge in [0, 0.05) is 30.4 Å². The Labute approximate surface area is 183 Å². The number of aryl methyl sites for hydroxylation is 1. The van der Waals surface area contributed by atoms with Crippen molar-refractivity contribution in [2.75, 3.05) is 13.1 Å². The summed E-state index contributed by atoms with van der Waals surface area (Å²) in [4.78, 5) is 2.29. The molecule has 0 aromatic heterocycles. The molecular weight excluding hydrogens is 376 g/mol. The molecule has 2 nitrogen and oxygen atoms in total. The molecule has 1 N–H and O–H groups in total. The Morgan fingerprint density at radius 1 is 1.00 bits per heavy atom. The Balaban J connectivity index is 0.000000394. The van der Waals surface area contributed by atoms with E-state index >= 15 is 0 Å². The first-order chi connectivity index (χ1) is 14.0. The van der Waals surface area contributed by atoms with Gasteiger partial charge in [-0.25, -0.2) is 0 Å². The van der Waals surface area contributed by atoms with Gasteiger partial charge in [-0.3, -0.25) is 0 Å². The molecule has 29 heavy (non-hydrogen) atoms. The molecule has 0 radical (unpaired) electrons. The summed E-state index contributed by atoms with van der Waals surface area (Å²) >= 11 is 5.93. The Kier molecular flexibility index (Phi) is 15.3. The summed E-state index contributed by atoms with van der Waals surface area (Å²) in [6.45, 7) is 17.8. The molecule has 0 amide bonds. The molecule has 0 bridgehead atoms. The average Bonchev–Trinajstić information content (AvgIpc) is 2.77. The standard InChI is InChI=1S/C9H9N.C8H14ClN.C7H8.C2H6/c1-2-8-3-5-9(7-10)6-4-8;1-7(2)10-5-3-8(9)4-6-10;1-7-5-3-2-4-6-7;1-2/h2-7,10H,1H2;8H,1,3-6H2,2H3;2-6H,1H3;1-2H3. The second-order valence-electron chi connectivity index (χ2n) is 6.57. The molecule has 2 aromatic carbocycles. The third-order valence-corrected chi connectivity index (χ3v) is 4.68. The normalized spacial score (nSPS) is 12.7. The van der Waals surface area contributed by atoms with Crippen LogP contribution >= 0.6 is 11.6 Å². The molecule has 2 aromatic rings. The molecule has 0 aliphatic carbocycles. The van der Waals surface area contributed by atoms with Crippen molar-refractivity contribution in [3.05, 3.63) is 90.1 Å². The number of benzene rings is 2. The zero-order valence-electron chi connectivity index (χ0n) is 18.5. The van der Waals surface area contributed by atoms with Crippen LogP contribution in [0.15, 0.2) is 73.5 Å². The zero-order valence-corrected chi connectivity index (χ0v) is 19.3. The van der Waals surface area contributed by atoms with Crippen molar-refractivity contribution in [2.45, 2.75) is 45.9 Å². The number of nitrogens with zero attached hydrogens (tertiary/aromatic N) is 1. The molecule has 1 saturated heterocycles. The highest BCUT2D eigenvalue weighted by Crippen LogP contribution is 2.17. The van der Waals surface area contributed by atoms with Crippen molar-refractivity contribution in [3.63, 3.8) is 0 Å². The first-order valence-corrected chi connectivity index (χ1v) is 10.7. The van der Waals surface area contributed by atoms with Crippen LogP contribution in [0.1, 0.15) is 50.3 Å². The van der Waals surface area contributed by atoms with Crippen LogP contribution in [-0.4, -0.2) is 29.6 Å². The predicted molar refractivity (Wildman–Crippen MR) is 132 cm³/mol. The molecule has 3 rings (SSSR count). The Morgan fingerprint density at radius 3 is 1.83 bits per heavy atom. The van der Waals surface area contributed by atoms with E-state index in [0.29, 0.717) is 5.38 Å². The van der Waals surface area contributed by atoms with Crippen LogP contribution < -0.4 is 0 Å². The molecule has 0 saturated carbocycles. The monoisotopic (exact) mass is 412 g/mol. The second-order valence-corrected chi connectivity index (χ2v) is 7.18. The van der Waals surface area contributed by atoms with Gasteiger partial charge in [-0.15, -0.1) is 11.6 Å². The maximum Gasteiger partial charge on any atom is 0.0369 e. The lowest BCUT2D eigenvalue weighted by molar-refractivity contribution is 0.290. The SMILES string of the molecule is C=C(C)N1CCC(Cl)CC1.C=Cc1ccc(C=N)cc1.CC.Cc1ccccc1. The first kappa shape index (κ1) is 26.7. The molecular formula is C26H37ClN2. The van der Waals surface area contributed by atoms with Gasteiger partial charge in [0.1, 0.15) is 0 Å². The fourth-order valence-electron chi connectivity index (χ4n) is 2.49. The first-order valence-electron chi connectivity index (χ1n) is 10.3. The minimum Gasteiger partial charge on any atom is -0.375 e. The average molecular weight is 413 g/mol. The van der Waals surface area contributed by atoms with Crippen molar-refractivity contribution in [1.82, 2.24) is 4.90 Å². The fourth-order valence-corrected chi connectivity index (χ4v) is 2.69. The fraction of sp³-hybridized carbons (Fsp3) is 0.346. The molecule has 158 valence electrons. The number of allylic oxidation sites excluding steroid dienone is 1. The molecule has 1 fully saturated rings. The highest BCUT2D eigenvalue weighted by Gasteiger charge is 2.15. The Bertz CT molecular complexity index is 657. The summed E-state index contributed by atoms with van der Waals surface area (Å²) in [5, 5.41) is 7.32. The van der Waals surface area contributed by atoms with Gasteiger partial charge in [0.05, 0.1) is 0 Å². The maximum absolute atomic E-state index is 6.92. The van der Waals surface area contributed by atoms with Crippen LogP contribution in [0, 0.1) is 12.3 Å². The van der Waals surface area contributed by atoms with Gasteiger partial charge in [0.25, 0.3) is 0 Å². The second kappa shape index (κ2) is 16.6. The Morgan fingerprint density at radius 2 is 1.48 bits per heavy atom. The van der Waals surface area contributed by atoms with E-state index < -0.39 is 0 Å². The topological polar surface area (TPSA) is 27.1 Å². The molecule has 0 atom stereocenters. The Hall–Kier alpha value is -2.32. The predicted octanol–water partition coefficient (Wildman–Crippen LogP) is 7.57. The summed E-state index contributed by atoms with van der Waals surface area (Å²) in [5.41, 5.74) is 4.50. The molecule has 1 aliphatic rings. The van der Waals surface area contributed by atoms with E-state index in [9.17, 15) is 0 Å². The van der Waals surface area contributed by atoms with Gasteiger partial charge >= 0.3 is 0 Å². The third-order valence-electron chi connectivity index (χ3n) is 4.24. The zero-order chi connectivity index (χ0) is 22.1. The maximum atomic E-state index is 6.92. The highest BCUT2D eigenvalue weighted by molar-refractivity contribution is 6.20. The molecule has 3 heteroatoms. The summed E-state index contributed by atoms with van der Waals surface area (Å²) in [5.74, 6) is 0. The van der Waals surface area contributed by atoms with E-state index in [4.69, 9.17) is 17.0 Å². The van der Waals surface area contributed by atoms with Crippen LogP contribution in [0.5, 0.6) is 0 Å². The van der Waals surface area contributed by atoms with E-state index in [1.54, 1.807) is 6.08 Å². The van der Waals surface area contributed by atoms with E-state index in [-0.39, 0.29) is 0 Å². The number of likely N-dealkylation sites (tertiary alicyclic amines) is 1. The third kappa shape index (κ3) is 12.7. The van der Waals surface area contributed by atoms with Crippen molar-refractivity contribution in [3.8, 4) is 0 Å². The van der Waals surface area contributed by atoms with E-state index in [1.165, 1.54) is 17.5 Å². The molecule has 1 aliphatic heterocycles. The lowest BCUT2D eigenvalue weighted by Gasteiger charge is -2.31. The molecule has 0 unspecified atom stereocenters. The van der Waals surface area contributed by atoms with Gasteiger partial charge in [-0.05, 0) is 37.8 Å². The van der Waals surface area contributed by atoms with Crippen LogP contribution in [0.25, 0.3) is 6.08 Å². The van der Waals surface area contributed by atoms with Gasteiger partial charge < -0.3 is 10.3 Å². The number of hydrogen-bond acceptors (Lipinski definition) is 2. The minimum atomic E-state index is 0.399. The van der Waals surface area contributed by atoms with Gasteiger partial charge in [0.15, 0.2) is 0 Å². The van der Waals surface area contributed by atoms with E-state index in [1.807, 2.05) is 56.3 Å². The van der Waals surface area contributed by atoms with Crippen LogP contribution in [0.4, 0.5) is 0 Å². The van der Waals surface area contributed by atoms with Gasteiger partial charge in [-0.1, -0.05) is 93.2 Å². The van der Waals surface area contributed by atoms with E-state index in [0.717, 1.165) is 37.1 Å². The number of alkyl halides is 1. The van der Waals surface area contributed by atoms with Crippen molar-refractivity contribution >= 4 is 23.9 Å². The minimum absolute atomic E-state index is 0.399. The van der Waals surface area contributed by atoms with Gasteiger partial charge in [0.2, 0.25) is 0 Å². The summed E-state index contributed by atoms with van der Waals surface area (Å²) in [6, 6.07) is 17.9. The highest BCUT2D eigenvalue weighted by atomic mass is 35.5. The summed E-state index contributed by atoms with van der Waals surface area (Å²) in [7, 11) is 0. The van der Waals surface area contributed by atoms with Crippen molar-refractivity contribution < 1.29 is 0 Å². The summed E-state index contributed by atoms with van der Waals surface area (Å²) < 4.78 is 0. The van der Waals surface area contributed by atoms with Crippen LogP contribution in [0.3, 0.4) is 0 Å². The van der Waals surface area contributed by atoms with Crippen molar-refractivity contribution in [2.24, 2.45) is 0 Å². The van der Waals surface area contributed by atoms with Crippen LogP contribution in [0.2, 0.25) is 0 Å². The van der Waals surface area contributed by atoms with E-state index in [2.05, 4.69) is 44.0 Å². The van der Waals surface area contributed by atoms with Crippen LogP contribution in [-0.2, 0) is 0 Å². The summed E-state index contributed by atoms with van der Waals surface area (Å²) in [6.07, 6.45) is 5.32. The number of nitrogens with one attached hydrogen (secondary N) is 1. The van der Waals surface area contributed by atoms with Crippen molar-refractivity contribution in [1.29, 1.82) is 5.41 Å². The lowest BCUT2D eigenvalue weighted by Crippen LogP contribution is -2.32. The lowest BCUT2D eigenvalue weighted by atomic mass is 10.1. The molecule has 1 heterocycles. The number of halogens is 1. The molecule has 0 spiro atoms. The number of hydrogen-bond donors (Lipinski definition) is 1. The largest absolute Gasteiger partial charge is 0.375 e.